The Bertz CT molecular complexity index is 395. The van der Waals surface area contributed by atoms with Crippen LogP contribution in [0.25, 0.3) is 0 Å². The van der Waals surface area contributed by atoms with E-state index < -0.39 is 5.97 Å². The number of ketones is 1. The van der Waals surface area contributed by atoms with Gasteiger partial charge in [-0.05, 0) is 25.7 Å². The molecule has 0 aliphatic carbocycles. The van der Waals surface area contributed by atoms with Crippen LogP contribution in [0.1, 0.15) is 150 Å². The maximum Gasteiger partial charge on any atom is 0.347 e. The minimum Gasteiger partial charge on any atom is -0.321 e. The third-order valence-corrected chi connectivity index (χ3v) is 5.93. The van der Waals surface area contributed by atoms with Crippen molar-refractivity contribution in [3.8, 4) is 0 Å². The van der Waals surface area contributed by atoms with Crippen LogP contribution < -0.4 is 0 Å². The summed E-state index contributed by atoms with van der Waals surface area (Å²) < 4.78 is 17.4. The van der Waals surface area contributed by atoms with E-state index >= 15 is 0 Å². The van der Waals surface area contributed by atoms with Crippen molar-refractivity contribution >= 4 is 5.78 Å². The number of unbranched alkanes of at least 4 members (excludes halogenated alkanes) is 15. The minimum absolute atomic E-state index is 0. The Morgan fingerprint density at radius 2 is 0.853 bits per heavy atom. The Labute approximate surface area is 227 Å². The fourth-order valence-electron chi connectivity index (χ4n) is 3.92. The van der Waals surface area contributed by atoms with E-state index in [1.165, 1.54) is 89.9 Å². The van der Waals surface area contributed by atoms with E-state index in [9.17, 15) is 4.79 Å². The Kier molecular flexibility index (Phi) is 29.8. The van der Waals surface area contributed by atoms with Crippen molar-refractivity contribution in [1.29, 1.82) is 0 Å². The second kappa shape index (κ2) is 27.8. The molecule has 0 saturated heterocycles. The van der Waals surface area contributed by atoms with Crippen LogP contribution in [-0.2, 0) is 40.7 Å². The van der Waals surface area contributed by atoms with Gasteiger partial charge in [-0.25, -0.2) is 0 Å². The molecule has 1 radical (unpaired) electrons. The first-order chi connectivity index (χ1) is 16.2. The standard InChI is InChI=1S/C29H57O4.Ti/c1-5-9-10-11-12-13-14-15-16-17-18-19-20-21-22-23-24-28(30)29(31-25-6-2,32-26-7-3)33-27-8-4;/h24H,5-23,25-27H2,1-4H3;. The van der Waals surface area contributed by atoms with Crippen LogP contribution in [0.3, 0.4) is 0 Å². The third kappa shape index (κ3) is 20.5. The third-order valence-electron chi connectivity index (χ3n) is 5.93. The number of carbonyl (C=O) groups excluding carboxylic acids is 1. The largest absolute Gasteiger partial charge is 0.347 e. The van der Waals surface area contributed by atoms with Gasteiger partial charge in [0, 0.05) is 28.1 Å². The first-order valence-electron chi connectivity index (χ1n) is 14.5. The molecule has 0 heterocycles. The fraction of sp³-hybridized carbons (Fsp3) is 0.931. The molecule has 201 valence electrons. The summed E-state index contributed by atoms with van der Waals surface area (Å²) in [4.78, 5) is 12.9. The van der Waals surface area contributed by atoms with Gasteiger partial charge in [0.25, 0.3) is 0 Å². The average Bonchev–Trinajstić information content (AvgIpc) is 2.83. The Hall–Kier alpha value is 0.264. The summed E-state index contributed by atoms with van der Waals surface area (Å²) >= 11 is 0. The number of ether oxygens (including phenoxy) is 3. The average molecular weight is 518 g/mol. The van der Waals surface area contributed by atoms with Gasteiger partial charge in [-0.15, -0.1) is 0 Å². The molecule has 0 aliphatic heterocycles. The molecule has 0 atom stereocenters. The van der Waals surface area contributed by atoms with Gasteiger partial charge in [-0.3, -0.25) is 4.79 Å². The normalized spacial score (nSPS) is 11.5. The Morgan fingerprint density at radius 3 is 1.18 bits per heavy atom. The molecule has 0 unspecified atom stereocenters. The number of Topliss-reactive ketones (excluding diaryl/α,β-unsaturated/α-hetero) is 1. The van der Waals surface area contributed by atoms with Crippen LogP contribution in [0.5, 0.6) is 0 Å². The molecule has 0 amide bonds. The van der Waals surface area contributed by atoms with Gasteiger partial charge >= 0.3 is 5.97 Å². The molecule has 0 saturated carbocycles. The summed E-state index contributed by atoms with van der Waals surface area (Å²) in [6.45, 7) is 9.70. The summed E-state index contributed by atoms with van der Waals surface area (Å²) in [7, 11) is 0. The predicted molar refractivity (Wildman–Crippen MR) is 140 cm³/mol. The van der Waals surface area contributed by atoms with Crippen LogP contribution in [0.15, 0.2) is 0 Å². The van der Waals surface area contributed by atoms with Crippen LogP contribution in [0.2, 0.25) is 0 Å². The van der Waals surface area contributed by atoms with E-state index in [0.717, 1.165) is 32.1 Å². The first kappa shape index (κ1) is 36.4. The van der Waals surface area contributed by atoms with Crippen LogP contribution in [0.4, 0.5) is 0 Å². The molecule has 0 aromatic rings. The summed E-state index contributed by atoms with van der Waals surface area (Å²) in [5.41, 5.74) is 0. The molecule has 0 N–H and O–H groups in total. The van der Waals surface area contributed by atoms with Gasteiger partial charge in [0.15, 0.2) is 0 Å². The fourth-order valence-corrected chi connectivity index (χ4v) is 3.92. The summed E-state index contributed by atoms with van der Waals surface area (Å²) in [5.74, 6) is -1.72. The molecule has 5 heteroatoms. The molecule has 0 fully saturated rings. The molecule has 0 spiro atoms. The SMILES string of the molecule is CCCCCCCCCCCCCCCCC[CH]C(=O)C(OCCC)(OCCC)OCCC.[Ti]. The molecule has 4 nitrogen and oxygen atoms in total. The molecule has 0 rings (SSSR count). The zero-order chi connectivity index (χ0) is 24.5. The minimum atomic E-state index is -1.54. The molecule has 0 bridgehead atoms. The molecule has 0 aromatic heterocycles. The van der Waals surface area contributed by atoms with Crippen molar-refractivity contribution in [2.45, 2.75) is 156 Å². The van der Waals surface area contributed by atoms with Crippen molar-refractivity contribution < 1.29 is 40.7 Å². The van der Waals surface area contributed by atoms with E-state index in [2.05, 4.69) is 6.92 Å². The van der Waals surface area contributed by atoms with Crippen molar-refractivity contribution in [3.63, 3.8) is 0 Å². The molecule has 34 heavy (non-hydrogen) atoms. The quantitative estimate of drug-likeness (QED) is 0.0620. The van der Waals surface area contributed by atoms with Crippen molar-refractivity contribution in [2.24, 2.45) is 0 Å². The van der Waals surface area contributed by atoms with Gasteiger partial charge < -0.3 is 14.2 Å². The topological polar surface area (TPSA) is 44.8 Å². The van der Waals surface area contributed by atoms with Gasteiger partial charge in [0.1, 0.15) is 0 Å². The van der Waals surface area contributed by atoms with E-state index in [0.29, 0.717) is 19.8 Å². The molecular weight excluding hydrogens is 460 g/mol. The van der Waals surface area contributed by atoms with Crippen LogP contribution in [0, 0.1) is 6.42 Å². The van der Waals surface area contributed by atoms with Crippen molar-refractivity contribution in [3.05, 3.63) is 6.42 Å². The van der Waals surface area contributed by atoms with E-state index in [1.807, 2.05) is 20.8 Å². The van der Waals surface area contributed by atoms with Gasteiger partial charge in [-0.2, -0.15) is 0 Å². The molecule has 0 aliphatic rings. The van der Waals surface area contributed by atoms with E-state index in [-0.39, 0.29) is 27.5 Å². The first-order valence-corrected chi connectivity index (χ1v) is 14.5. The predicted octanol–water partition coefficient (Wildman–Crippen LogP) is 8.95. The van der Waals surface area contributed by atoms with Crippen molar-refractivity contribution in [2.75, 3.05) is 19.8 Å². The van der Waals surface area contributed by atoms with Gasteiger partial charge in [-0.1, -0.05) is 124 Å². The van der Waals surface area contributed by atoms with Gasteiger partial charge in [0.05, 0.1) is 19.8 Å². The van der Waals surface area contributed by atoms with E-state index in [1.54, 1.807) is 6.42 Å². The number of hydrogen-bond acceptors (Lipinski definition) is 4. The Balaban J connectivity index is 0. The molecule has 0 aromatic carbocycles. The smallest absolute Gasteiger partial charge is 0.321 e. The van der Waals surface area contributed by atoms with Crippen molar-refractivity contribution in [1.82, 2.24) is 0 Å². The number of rotatable bonds is 27. The maximum atomic E-state index is 12.9. The number of hydrogen-bond donors (Lipinski definition) is 0. The zero-order valence-electron chi connectivity index (χ0n) is 23.3. The van der Waals surface area contributed by atoms with E-state index in [4.69, 9.17) is 14.2 Å². The Morgan fingerprint density at radius 1 is 0.529 bits per heavy atom. The number of carbonyl (C=O) groups is 1. The summed E-state index contributed by atoms with van der Waals surface area (Å²) in [6, 6.07) is 0. The second-order valence-electron chi connectivity index (χ2n) is 9.41. The summed E-state index contributed by atoms with van der Waals surface area (Å²) in [5, 5.41) is 0. The summed E-state index contributed by atoms with van der Waals surface area (Å²) in [6.07, 6.45) is 25.1. The van der Waals surface area contributed by atoms with Crippen LogP contribution >= 0.6 is 0 Å². The zero-order valence-corrected chi connectivity index (χ0v) is 24.8. The maximum absolute atomic E-state index is 12.9. The second-order valence-corrected chi connectivity index (χ2v) is 9.41. The molecular formula is C29H57O4Ti. The van der Waals surface area contributed by atoms with Crippen LogP contribution in [-0.4, -0.2) is 31.6 Å². The van der Waals surface area contributed by atoms with Gasteiger partial charge in [0.2, 0.25) is 5.78 Å². The monoisotopic (exact) mass is 517 g/mol.